The molecule has 2 aromatic heterocycles. The molecule has 466 valence electrons. The fraction of sp³-hybridized carbons (Fsp3) is 0. The molecular formula is C90H57B2N5O2S. The van der Waals surface area contributed by atoms with Crippen LogP contribution in [0.3, 0.4) is 0 Å². The Hall–Kier alpha value is -12.6. The summed E-state index contributed by atoms with van der Waals surface area (Å²) in [6.07, 6.45) is 0. The summed E-state index contributed by atoms with van der Waals surface area (Å²) in [5.74, 6) is 1.67. The highest BCUT2D eigenvalue weighted by Crippen LogP contribution is 2.53. The first kappa shape index (κ1) is 56.5. The monoisotopic (exact) mass is 1290 g/mol. The predicted octanol–water partition coefficient (Wildman–Crippen LogP) is 20.5. The van der Waals surface area contributed by atoms with Gasteiger partial charge in [0.25, 0.3) is 6.71 Å². The van der Waals surface area contributed by atoms with E-state index in [2.05, 4.69) is 370 Å². The Bertz CT molecular complexity index is 6050. The van der Waals surface area contributed by atoms with Crippen LogP contribution in [0, 0.1) is 0 Å². The van der Waals surface area contributed by atoms with Crippen molar-refractivity contribution in [3.63, 3.8) is 0 Å². The van der Waals surface area contributed by atoms with Gasteiger partial charge in [0, 0.05) is 99.7 Å². The van der Waals surface area contributed by atoms with Crippen LogP contribution in [0.25, 0.3) is 60.6 Å². The topological polar surface area (TPSA) is 40.3 Å². The van der Waals surface area contributed by atoms with E-state index in [4.69, 9.17) is 9.15 Å². The average Bonchev–Trinajstić information content (AvgIpc) is 0.915. The number of para-hydroxylation sites is 13. The van der Waals surface area contributed by atoms with Crippen molar-refractivity contribution < 1.29 is 9.15 Å². The van der Waals surface area contributed by atoms with Crippen LogP contribution in [-0.4, -0.2) is 18.0 Å². The zero-order chi connectivity index (χ0) is 65.5. The van der Waals surface area contributed by atoms with E-state index in [0.717, 1.165) is 140 Å². The number of ether oxygens (including phenoxy) is 1. The van der Waals surface area contributed by atoms with Crippen molar-refractivity contribution in [2.24, 2.45) is 0 Å². The van der Waals surface area contributed by atoms with Crippen molar-refractivity contribution >= 4 is 170 Å². The molecule has 17 aromatic rings. The van der Waals surface area contributed by atoms with E-state index in [0.29, 0.717) is 0 Å². The zero-order valence-electron chi connectivity index (χ0n) is 54.0. The third kappa shape index (κ3) is 8.57. The van der Waals surface area contributed by atoms with Crippen LogP contribution in [0.4, 0.5) is 68.2 Å². The minimum atomic E-state index is -0.218. The van der Waals surface area contributed by atoms with E-state index in [1.165, 1.54) is 42.4 Å². The molecule has 10 heteroatoms. The number of rotatable bonds is 10. The molecule has 0 bridgehead atoms. The molecule has 0 atom stereocenters. The normalized spacial score (nSPS) is 13.0. The van der Waals surface area contributed by atoms with E-state index in [1.54, 1.807) is 0 Å². The molecule has 0 N–H and O–H groups in total. The molecule has 7 nitrogen and oxygen atoms in total. The molecule has 0 unspecified atom stereocenters. The lowest BCUT2D eigenvalue weighted by Crippen LogP contribution is -2.63. The van der Waals surface area contributed by atoms with E-state index >= 15 is 0 Å². The third-order valence-corrected chi connectivity index (χ3v) is 21.9. The number of aromatic nitrogens is 1. The Morgan fingerprint density at radius 1 is 0.280 bits per heavy atom. The maximum atomic E-state index is 7.43. The van der Waals surface area contributed by atoms with Crippen molar-refractivity contribution in [1.82, 2.24) is 4.57 Å². The average molecular weight is 1290 g/mol. The molecule has 100 heavy (non-hydrogen) atoms. The van der Waals surface area contributed by atoms with Gasteiger partial charge in [-0.1, -0.05) is 236 Å². The van der Waals surface area contributed by atoms with Crippen molar-refractivity contribution in [2.45, 2.75) is 9.79 Å². The SMILES string of the molecule is c1ccc(N(c2ccccc2)c2cc3c4c(c2)N(c2ccccc2-n2c5ccccc5c5ccccc52)c2cc5c(cc2B4c2ccccc2O3)B2c3ccccc3N(c3ccccc3-c3cccc4c3oc3ccccc34)c3cc(N(c4ccccc4)c4ccccc4)cc(c32)S5)cc1. The summed E-state index contributed by atoms with van der Waals surface area (Å²) in [6, 6.07) is 126. The van der Waals surface area contributed by atoms with Gasteiger partial charge in [-0.2, -0.15) is 0 Å². The number of nitrogens with zero attached hydrogens (tertiary/aromatic N) is 5. The van der Waals surface area contributed by atoms with Gasteiger partial charge >= 0.3 is 0 Å². The van der Waals surface area contributed by atoms with Gasteiger partial charge in [0.15, 0.2) is 0 Å². The predicted molar refractivity (Wildman–Crippen MR) is 419 cm³/mol. The van der Waals surface area contributed by atoms with Crippen LogP contribution in [0.2, 0.25) is 0 Å². The van der Waals surface area contributed by atoms with Gasteiger partial charge in [0.05, 0.1) is 33.8 Å². The van der Waals surface area contributed by atoms with Crippen LogP contribution < -0.4 is 57.1 Å². The molecule has 4 aliphatic rings. The van der Waals surface area contributed by atoms with Gasteiger partial charge < -0.3 is 33.3 Å². The first-order valence-corrected chi connectivity index (χ1v) is 35.0. The first-order chi connectivity index (χ1) is 49.6. The van der Waals surface area contributed by atoms with Crippen molar-refractivity contribution in [3.05, 3.63) is 346 Å². The smallest absolute Gasteiger partial charge is 0.256 e. The van der Waals surface area contributed by atoms with Crippen molar-refractivity contribution in [2.75, 3.05) is 19.6 Å². The van der Waals surface area contributed by atoms with Gasteiger partial charge in [-0.3, -0.25) is 0 Å². The summed E-state index contributed by atoms with van der Waals surface area (Å²) < 4.78 is 16.8. The maximum Gasteiger partial charge on any atom is 0.256 e. The van der Waals surface area contributed by atoms with Gasteiger partial charge in [0.2, 0.25) is 6.71 Å². The Labute approximate surface area is 583 Å². The van der Waals surface area contributed by atoms with Crippen LogP contribution in [0.15, 0.2) is 360 Å². The second kappa shape index (κ2) is 22.5. The summed E-state index contributed by atoms with van der Waals surface area (Å²) in [5.41, 5.74) is 27.2. The van der Waals surface area contributed by atoms with Crippen LogP contribution >= 0.6 is 11.8 Å². The second-order valence-corrected chi connectivity index (χ2v) is 27.3. The minimum absolute atomic E-state index is 0.178. The first-order valence-electron chi connectivity index (χ1n) is 34.2. The lowest BCUT2D eigenvalue weighted by molar-refractivity contribution is 0.487. The molecule has 4 aliphatic heterocycles. The zero-order valence-corrected chi connectivity index (χ0v) is 54.8. The molecule has 0 saturated heterocycles. The van der Waals surface area contributed by atoms with Crippen LogP contribution in [-0.2, 0) is 0 Å². The number of hydrogen-bond donors (Lipinski definition) is 0. The molecule has 21 rings (SSSR count). The number of benzene rings is 15. The molecule has 15 aromatic carbocycles. The fourth-order valence-electron chi connectivity index (χ4n) is 16.7. The number of fused-ring (bicyclic) bond motifs is 14. The molecule has 0 aliphatic carbocycles. The summed E-state index contributed by atoms with van der Waals surface area (Å²) in [6.45, 7) is -0.396. The van der Waals surface area contributed by atoms with E-state index in [1.807, 2.05) is 11.8 Å². The van der Waals surface area contributed by atoms with Gasteiger partial charge in [-0.05, 0) is 149 Å². The van der Waals surface area contributed by atoms with E-state index in [-0.39, 0.29) is 13.4 Å². The number of anilines is 12. The number of furan rings is 1. The number of hydrogen-bond acceptors (Lipinski definition) is 7. The fourth-order valence-corrected chi connectivity index (χ4v) is 17.9. The highest BCUT2D eigenvalue weighted by Gasteiger charge is 2.48. The molecule has 6 heterocycles. The van der Waals surface area contributed by atoms with Crippen molar-refractivity contribution in [3.8, 4) is 28.3 Å². The molecule has 0 spiro atoms. The molecular weight excluding hydrogens is 1240 g/mol. The molecule has 0 saturated carbocycles. The highest BCUT2D eigenvalue weighted by atomic mass is 32.2. The van der Waals surface area contributed by atoms with Crippen LogP contribution in [0.1, 0.15) is 0 Å². The van der Waals surface area contributed by atoms with Gasteiger partial charge in [-0.15, -0.1) is 0 Å². The quantitative estimate of drug-likeness (QED) is 0.126. The lowest BCUT2D eigenvalue weighted by atomic mass is 9.31. The minimum Gasteiger partial charge on any atom is -0.458 e. The van der Waals surface area contributed by atoms with Gasteiger partial charge in [0.1, 0.15) is 22.7 Å². The largest absolute Gasteiger partial charge is 0.458 e. The van der Waals surface area contributed by atoms with Gasteiger partial charge in [-0.25, -0.2) is 0 Å². The highest BCUT2D eigenvalue weighted by molar-refractivity contribution is 8.00. The Morgan fingerprint density at radius 3 is 1.44 bits per heavy atom. The standard InChI is InChI=1S/C90H57B2N5O2S/c1-5-28-58(29-6-1)93(59-30-7-2-8-31-59)62-52-81-88-85(54-62)98-84-51-26-18-43-71(84)92(88)72-56-73-86(57-80(72)97(81)79-49-24-23-48-78(79)95-74-44-19-13-36-64(74)65-37-14-20-45-75(65)95)100-87-55-63(94(60-32-9-3-10-33-60)61-34-11-4-12-35-61)53-82-89(87)91(73)70-42-17-22-47-77(70)96(82)76-46-21-15-38-66(76)68-40-27-41-69-67-39-16-25-50-83(67)99-90(68)69/h1-57H. The molecule has 0 radical (unpaired) electrons. The third-order valence-electron chi connectivity index (χ3n) is 20.8. The van der Waals surface area contributed by atoms with E-state index in [9.17, 15) is 0 Å². The van der Waals surface area contributed by atoms with Crippen molar-refractivity contribution in [1.29, 1.82) is 0 Å². The Morgan fingerprint density at radius 2 is 0.770 bits per heavy atom. The summed E-state index contributed by atoms with van der Waals surface area (Å²) >= 11 is 1.89. The summed E-state index contributed by atoms with van der Waals surface area (Å²) in [7, 11) is 0. The second-order valence-electron chi connectivity index (χ2n) is 26.2. The lowest BCUT2D eigenvalue weighted by Gasteiger charge is -2.44. The van der Waals surface area contributed by atoms with Crippen LogP contribution in [0.5, 0.6) is 11.5 Å². The molecule has 0 amide bonds. The Kier molecular flexibility index (Phi) is 12.7. The Balaban J connectivity index is 0.847. The molecule has 0 fully saturated rings. The summed E-state index contributed by atoms with van der Waals surface area (Å²) in [4.78, 5) is 12.3. The van der Waals surface area contributed by atoms with E-state index < -0.39 is 0 Å². The maximum absolute atomic E-state index is 7.43. The summed E-state index contributed by atoms with van der Waals surface area (Å²) in [5, 5.41) is 4.61.